The van der Waals surface area contributed by atoms with E-state index in [1.54, 1.807) is 12.1 Å². The van der Waals surface area contributed by atoms with Gasteiger partial charge in [-0.15, -0.1) is 0 Å². The Morgan fingerprint density at radius 1 is 1.22 bits per heavy atom. The summed E-state index contributed by atoms with van der Waals surface area (Å²) in [6, 6.07) is 6.48. The molecule has 1 aromatic carbocycles. The highest BCUT2D eigenvalue weighted by atomic mass is 19.1. The van der Waals surface area contributed by atoms with Gasteiger partial charge < -0.3 is 4.74 Å². The molecular formula is C19H21FN2O. The van der Waals surface area contributed by atoms with Crippen molar-refractivity contribution in [3.05, 3.63) is 53.1 Å². The third-order valence-corrected chi connectivity index (χ3v) is 6.01. The molecule has 0 N–H and O–H groups in total. The number of hydrogen-bond donors (Lipinski definition) is 0. The van der Waals surface area contributed by atoms with E-state index in [1.807, 2.05) is 18.0 Å². The minimum Gasteiger partial charge on any atom is -0.378 e. The normalized spacial score (nSPS) is 29.1. The molecule has 4 heteroatoms. The summed E-state index contributed by atoms with van der Waals surface area (Å²) in [6.07, 6.45) is 7.22. The molecule has 3 nitrogen and oxygen atoms in total. The summed E-state index contributed by atoms with van der Waals surface area (Å²) in [4.78, 5) is 0. The summed E-state index contributed by atoms with van der Waals surface area (Å²) < 4.78 is 21.0. The number of halogens is 1. The average molecular weight is 312 g/mol. The van der Waals surface area contributed by atoms with Gasteiger partial charge in [0.15, 0.2) is 0 Å². The molecule has 2 aliphatic carbocycles. The van der Waals surface area contributed by atoms with Crippen LogP contribution in [-0.4, -0.2) is 22.5 Å². The zero-order valence-corrected chi connectivity index (χ0v) is 13.8. The third kappa shape index (κ3) is 1.94. The molecule has 1 aromatic heterocycles. The smallest absolute Gasteiger partial charge is 0.123 e. The highest BCUT2D eigenvalue weighted by Crippen LogP contribution is 2.56. The lowest BCUT2D eigenvalue weighted by molar-refractivity contribution is -0.0609. The first-order chi connectivity index (χ1) is 11.0. The second-order valence-electron chi connectivity index (χ2n) is 7.06. The summed E-state index contributed by atoms with van der Waals surface area (Å²) >= 11 is 0. The molecular weight excluding hydrogens is 291 g/mol. The lowest BCUT2D eigenvalue weighted by Gasteiger charge is -2.42. The van der Waals surface area contributed by atoms with Gasteiger partial charge in [-0.2, -0.15) is 5.10 Å². The Morgan fingerprint density at radius 2 is 1.96 bits per heavy atom. The number of benzene rings is 1. The van der Waals surface area contributed by atoms with E-state index in [2.05, 4.69) is 25.0 Å². The SMILES string of the molecule is CO[C@@]1(C)CCC2=Cc3c(cnn3-c3ccc(F)cc3)C[C@@]21C. The molecule has 0 spiro atoms. The van der Waals surface area contributed by atoms with Crippen molar-refractivity contribution in [2.45, 2.75) is 38.7 Å². The van der Waals surface area contributed by atoms with Crippen molar-refractivity contribution < 1.29 is 9.13 Å². The van der Waals surface area contributed by atoms with Crippen LogP contribution in [0.3, 0.4) is 0 Å². The molecule has 0 amide bonds. The van der Waals surface area contributed by atoms with E-state index in [0.29, 0.717) is 0 Å². The first-order valence-corrected chi connectivity index (χ1v) is 8.06. The topological polar surface area (TPSA) is 27.1 Å². The molecule has 4 rings (SSSR count). The van der Waals surface area contributed by atoms with Crippen LogP contribution in [0.5, 0.6) is 0 Å². The molecule has 0 radical (unpaired) electrons. The van der Waals surface area contributed by atoms with Crippen molar-refractivity contribution in [1.82, 2.24) is 9.78 Å². The fourth-order valence-electron chi connectivity index (χ4n) is 4.14. The molecule has 0 bridgehead atoms. The summed E-state index contributed by atoms with van der Waals surface area (Å²) in [7, 11) is 1.81. The molecule has 2 aromatic rings. The minimum atomic E-state index is -0.229. The Bertz CT molecular complexity index is 792. The van der Waals surface area contributed by atoms with E-state index in [4.69, 9.17) is 4.74 Å². The fraction of sp³-hybridized carbons (Fsp3) is 0.421. The quantitative estimate of drug-likeness (QED) is 0.832. The van der Waals surface area contributed by atoms with Crippen LogP contribution < -0.4 is 0 Å². The summed E-state index contributed by atoms with van der Waals surface area (Å²) in [5, 5.41) is 4.54. The number of aromatic nitrogens is 2. The minimum absolute atomic E-state index is 0.0193. The maximum Gasteiger partial charge on any atom is 0.123 e. The van der Waals surface area contributed by atoms with E-state index in [1.165, 1.54) is 23.3 Å². The van der Waals surface area contributed by atoms with Crippen molar-refractivity contribution in [1.29, 1.82) is 0 Å². The van der Waals surface area contributed by atoms with Gasteiger partial charge in [-0.1, -0.05) is 12.5 Å². The van der Waals surface area contributed by atoms with Crippen LogP contribution in [0, 0.1) is 11.2 Å². The molecule has 120 valence electrons. The highest BCUT2D eigenvalue weighted by Gasteiger charge is 2.53. The van der Waals surface area contributed by atoms with Crippen molar-refractivity contribution in [2.75, 3.05) is 7.11 Å². The van der Waals surface area contributed by atoms with Crippen LogP contribution in [0.15, 0.2) is 36.0 Å². The van der Waals surface area contributed by atoms with Crippen molar-refractivity contribution >= 4 is 6.08 Å². The van der Waals surface area contributed by atoms with E-state index in [9.17, 15) is 4.39 Å². The number of hydrogen-bond acceptors (Lipinski definition) is 2. The Hall–Kier alpha value is -1.94. The molecule has 2 aliphatic rings. The monoisotopic (exact) mass is 312 g/mol. The van der Waals surface area contributed by atoms with Crippen molar-refractivity contribution in [2.24, 2.45) is 5.41 Å². The van der Waals surface area contributed by atoms with Gasteiger partial charge in [0.1, 0.15) is 5.82 Å². The number of ether oxygens (including phenoxy) is 1. The van der Waals surface area contributed by atoms with Crippen LogP contribution in [0.4, 0.5) is 4.39 Å². The Balaban J connectivity index is 1.81. The molecule has 23 heavy (non-hydrogen) atoms. The fourth-order valence-corrected chi connectivity index (χ4v) is 4.14. The van der Waals surface area contributed by atoms with Gasteiger partial charge in [-0.25, -0.2) is 9.07 Å². The standard InChI is InChI=1S/C19H21FN2O/c1-18-11-13-12-21-22(16-6-4-15(20)5-7-16)17(13)10-14(18)8-9-19(18,2)23-3/h4-7,10,12H,8-9,11H2,1-3H3/t18-,19-/m0/s1. The lowest BCUT2D eigenvalue weighted by atomic mass is 9.68. The lowest BCUT2D eigenvalue weighted by Crippen LogP contribution is -2.44. The van der Waals surface area contributed by atoms with Gasteiger partial charge in [-0.05, 0) is 62.1 Å². The maximum absolute atomic E-state index is 13.2. The summed E-state index contributed by atoms with van der Waals surface area (Å²) in [5.41, 5.74) is 4.55. The predicted octanol–water partition coefficient (Wildman–Crippen LogP) is 4.16. The Labute approximate surface area is 135 Å². The van der Waals surface area contributed by atoms with Crippen molar-refractivity contribution in [3.63, 3.8) is 0 Å². The maximum atomic E-state index is 13.2. The van der Waals surface area contributed by atoms with Gasteiger partial charge in [-0.3, -0.25) is 0 Å². The second-order valence-corrected chi connectivity index (χ2v) is 7.06. The van der Waals surface area contributed by atoms with Gasteiger partial charge in [0.2, 0.25) is 0 Å². The van der Waals surface area contributed by atoms with E-state index >= 15 is 0 Å². The predicted molar refractivity (Wildman–Crippen MR) is 88.0 cm³/mol. The van der Waals surface area contributed by atoms with Gasteiger partial charge in [0, 0.05) is 12.5 Å². The Kier molecular flexibility index (Phi) is 3.04. The zero-order chi connectivity index (χ0) is 16.2. The molecule has 2 atom stereocenters. The number of nitrogens with zero attached hydrogens (tertiary/aromatic N) is 2. The molecule has 1 heterocycles. The van der Waals surface area contributed by atoms with Gasteiger partial charge in [0.05, 0.1) is 23.2 Å². The van der Waals surface area contributed by atoms with Gasteiger partial charge in [0.25, 0.3) is 0 Å². The number of fused-ring (bicyclic) bond motifs is 2. The summed E-state index contributed by atoms with van der Waals surface area (Å²) in [5.74, 6) is -0.229. The van der Waals surface area contributed by atoms with Crippen LogP contribution in [0.1, 0.15) is 37.9 Å². The van der Waals surface area contributed by atoms with E-state index < -0.39 is 0 Å². The number of rotatable bonds is 2. The third-order valence-electron chi connectivity index (χ3n) is 6.01. The average Bonchev–Trinajstić information content (AvgIpc) is 3.05. The first-order valence-electron chi connectivity index (χ1n) is 8.06. The largest absolute Gasteiger partial charge is 0.378 e. The molecule has 1 fully saturated rings. The van der Waals surface area contributed by atoms with E-state index in [-0.39, 0.29) is 16.8 Å². The van der Waals surface area contributed by atoms with Crippen LogP contribution in [0.25, 0.3) is 11.8 Å². The van der Waals surface area contributed by atoms with Crippen LogP contribution in [0.2, 0.25) is 0 Å². The summed E-state index contributed by atoms with van der Waals surface area (Å²) in [6.45, 7) is 4.51. The molecule has 0 aliphatic heterocycles. The van der Waals surface area contributed by atoms with Crippen molar-refractivity contribution in [3.8, 4) is 5.69 Å². The molecule has 0 unspecified atom stereocenters. The second kappa shape index (κ2) is 4.78. The number of methoxy groups -OCH3 is 1. The Morgan fingerprint density at radius 3 is 2.65 bits per heavy atom. The van der Waals surface area contributed by atoms with Crippen LogP contribution in [-0.2, 0) is 11.2 Å². The van der Waals surface area contributed by atoms with Crippen LogP contribution >= 0.6 is 0 Å². The first kappa shape index (κ1) is 14.6. The zero-order valence-electron chi connectivity index (χ0n) is 13.8. The molecule has 1 saturated carbocycles. The highest BCUT2D eigenvalue weighted by molar-refractivity contribution is 5.62. The van der Waals surface area contributed by atoms with E-state index in [0.717, 1.165) is 30.6 Å². The molecule has 0 saturated heterocycles. The van der Waals surface area contributed by atoms with Gasteiger partial charge >= 0.3 is 0 Å².